The number of aliphatic hydroxyl groups is 4. The van der Waals surface area contributed by atoms with Crippen molar-refractivity contribution in [2.45, 2.75) is 6.92 Å². The second kappa shape index (κ2) is 9.60. The molecular weight excluding hydrogens is 204 g/mol. The minimum Gasteiger partial charge on any atom is -0.478 e. The minimum atomic E-state index is -1.11. The molecule has 5 N–H and O–H groups in total. The van der Waals surface area contributed by atoms with Crippen LogP contribution in [0.5, 0.6) is 0 Å². The Morgan fingerprint density at radius 2 is 1.40 bits per heavy atom. The van der Waals surface area contributed by atoms with Gasteiger partial charge in [-0.25, -0.2) is 4.79 Å². The van der Waals surface area contributed by atoms with Crippen LogP contribution >= 0.6 is 0 Å². The highest BCUT2D eigenvalue weighted by molar-refractivity contribution is 5.79. The molecule has 0 heterocycles. The van der Waals surface area contributed by atoms with Crippen LogP contribution in [0.3, 0.4) is 0 Å². The van der Waals surface area contributed by atoms with Gasteiger partial charge in [-0.15, -0.1) is 0 Å². The standard InChI is InChI=1S/C5H12O4.C4H6O2/c6-1-5(2-7,3-8)4-9;1-2-3-4(5)6/h6-9H,1-4H2;2-3H,1H3,(H,5,6). The third-order valence-corrected chi connectivity index (χ3v) is 1.65. The monoisotopic (exact) mass is 222 g/mol. The fourth-order valence-corrected chi connectivity index (χ4v) is 0.443. The Hall–Kier alpha value is -0.950. The summed E-state index contributed by atoms with van der Waals surface area (Å²) < 4.78 is 0. The zero-order valence-electron chi connectivity index (χ0n) is 8.63. The molecule has 0 bridgehead atoms. The van der Waals surface area contributed by atoms with Gasteiger partial charge in [0.2, 0.25) is 0 Å². The van der Waals surface area contributed by atoms with Crippen LogP contribution in [0.15, 0.2) is 12.2 Å². The molecule has 0 saturated heterocycles. The van der Waals surface area contributed by atoms with E-state index in [2.05, 4.69) is 0 Å². The molecule has 0 aromatic rings. The van der Waals surface area contributed by atoms with Gasteiger partial charge in [-0.2, -0.15) is 0 Å². The van der Waals surface area contributed by atoms with Gasteiger partial charge in [0.25, 0.3) is 0 Å². The van der Waals surface area contributed by atoms with Gasteiger partial charge in [0.1, 0.15) is 0 Å². The van der Waals surface area contributed by atoms with E-state index in [4.69, 9.17) is 25.5 Å². The highest BCUT2D eigenvalue weighted by Gasteiger charge is 2.26. The summed E-state index contributed by atoms with van der Waals surface area (Å²) in [5.74, 6) is -0.891. The van der Waals surface area contributed by atoms with Crippen LogP contribution in [0.2, 0.25) is 0 Å². The zero-order chi connectivity index (χ0) is 12.3. The Labute approximate surface area is 88.1 Å². The van der Waals surface area contributed by atoms with Crippen molar-refractivity contribution in [1.29, 1.82) is 0 Å². The van der Waals surface area contributed by atoms with Crippen LogP contribution < -0.4 is 0 Å². The summed E-state index contributed by atoms with van der Waals surface area (Å²) in [6, 6.07) is 0. The van der Waals surface area contributed by atoms with Crippen LogP contribution in [0.1, 0.15) is 6.92 Å². The number of aliphatic hydroxyl groups excluding tert-OH is 4. The van der Waals surface area contributed by atoms with Gasteiger partial charge >= 0.3 is 5.97 Å². The van der Waals surface area contributed by atoms with E-state index < -0.39 is 37.8 Å². The number of hydrogen-bond donors (Lipinski definition) is 5. The first-order chi connectivity index (χ1) is 7.01. The molecule has 90 valence electrons. The first-order valence-corrected chi connectivity index (χ1v) is 4.31. The van der Waals surface area contributed by atoms with Crippen LogP contribution in [-0.4, -0.2) is 57.9 Å². The predicted octanol–water partition coefficient (Wildman–Crippen LogP) is -1.41. The fourth-order valence-electron chi connectivity index (χ4n) is 0.443. The normalized spacial score (nSPS) is 11.0. The fraction of sp³-hybridized carbons (Fsp3) is 0.667. The Morgan fingerprint density at radius 1 is 1.07 bits per heavy atom. The SMILES string of the molecule is CC=CC(=O)O.OCC(CO)(CO)CO. The third kappa shape index (κ3) is 8.07. The van der Waals surface area contributed by atoms with E-state index >= 15 is 0 Å². The van der Waals surface area contributed by atoms with Crippen molar-refractivity contribution >= 4 is 5.97 Å². The molecule has 6 heteroatoms. The first kappa shape index (κ1) is 16.5. The second-order valence-corrected chi connectivity index (χ2v) is 2.97. The van der Waals surface area contributed by atoms with E-state index in [1.54, 1.807) is 6.92 Å². The lowest BCUT2D eigenvalue weighted by Crippen LogP contribution is -2.37. The Bertz CT molecular complexity index is 168. The molecule has 0 aliphatic heterocycles. The van der Waals surface area contributed by atoms with Crippen molar-refractivity contribution in [3.05, 3.63) is 12.2 Å². The van der Waals surface area contributed by atoms with E-state index in [0.717, 1.165) is 6.08 Å². The van der Waals surface area contributed by atoms with E-state index in [-0.39, 0.29) is 0 Å². The molecule has 0 spiro atoms. The summed E-state index contributed by atoms with van der Waals surface area (Å²) in [6.45, 7) is 0.0358. The van der Waals surface area contributed by atoms with Crippen molar-refractivity contribution in [1.82, 2.24) is 0 Å². The Kier molecular flexibility index (Phi) is 10.5. The molecule has 0 aromatic heterocycles. The summed E-state index contributed by atoms with van der Waals surface area (Å²) in [5.41, 5.74) is -1.11. The molecule has 0 atom stereocenters. The Balaban J connectivity index is 0. The molecule has 0 amide bonds. The van der Waals surface area contributed by atoms with Gasteiger partial charge in [-0.1, -0.05) is 6.08 Å². The maximum absolute atomic E-state index is 9.51. The van der Waals surface area contributed by atoms with Crippen LogP contribution in [-0.2, 0) is 4.79 Å². The maximum Gasteiger partial charge on any atom is 0.327 e. The van der Waals surface area contributed by atoms with Gasteiger partial charge in [-0.05, 0) is 6.92 Å². The molecule has 0 unspecified atom stereocenters. The summed E-state index contributed by atoms with van der Waals surface area (Å²) in [7, 11) is 0. The molecular formula is C9H18O6. The molecule has 0 radical (unpaired) electrons. The van der Waals surface area contributed by atoms with Gasteiger partial charge in [0.15, 0.2) is 0 Å². The summed E-state index contributed by atoms with van der Waals surface area (Å²) in [5, 5.41) is 41.8. The number of aliphatic carboxylic acids is 1. The van der Waals surface area contributed by atoms with E-state index in [9.17, 15) is 4.79 Å². The number of carboxylic acid groups (broad SMARTS) is 1. The van der Waals surface area contributed by atoms with Crippen molar-refractivity contribution in [3.8, 4) is 0 Å². The van der Waals surface area contributed by atoms with Crippen molar-refractivity contribution < 1.29 is 30.3 Å². The maximum atomic E-state index is 9.51. The van der Waals surface area contributed by atoms with E-state index in [1.165, 1.54) is 6.08 Å². The van der Waals surface area contributed by atoms with E-state index in [1.807, 2.05) is 0 Å². The number of carbonyl (C=O) groups is 1. The highest BCUT2D eigenvalue weighted by atomic mass is 16.4. The molecule has 0 aromatic carbocycles. The van der Waals surface area contributed by atoms with Gasteiger partial charge in [0.05, 0.1) is 31.8 Å². The molecule has 0 rings (SSSR count). The van der Waals surface area contributed by atoms with E-state index in [0.29, 0.717) is 0 Å². The minimum absolute atomic E-state index is 0.406. The first-order valence-electron chi connectivity index (χ1n) is 4.31. The summed E-state index contributed by atoms with van der Waals surface area (Å²) in [6.07, 6.45) is 2.56. The highest BCUT2D eigenvalue weighted by Crippen LogP contribution is 2.11. The summed E-state index contributed by atoms with van der Waals surface area (Å²) in [4.78, 5) is 9.51. The van der Waals surface area contributed by atoms with Crippen molar-refractivity contribution in [2.75, 3.05) is 26.4 Å². The van der Waals surface area contributed by atoms with Crippen molar-refractivity contribution in [3.63, 3.8) is 0 Å². The Morgan fingerprint density at radius 3 is 1.40 bits per heavy atom. The molecule has 0 aliphatic carbocycles. The average Bonchev–Trinajstić information content (AvgIpc) is 2.23. The number of carboxylic acids is 1. The lowest BCUT2D eigenvalue weighted by atomic mass is 9.93. The summed E-state index contributed by atoms with van der Waals surface area (Å²) >= 11 is 0. The van der Waals surface area contributed by atoms with Gasteiger partial charge < -0.3 is 25.5 Å². The molecule has 0 saturated carbocycles. The van der Waals surface area contributed by atoms with Gasteiger partial charge in [-0.3, -0.25) is 0 Å². The average molecular weight is 222 g/mol. The molecule has 15 heavy (non-hydrogen) atoms. The molecule has 0 fully saturated rings. The second-order valence-electron chi connectivity index (χ2n) is 2.97. The van der Waals surface area contributed by atoms with Crippen molar-refractivity contribution in [2.24, 2.45) is 5.41 Å². The number of rotatable bonds is 5. The lowest BCUT2D eigenvalue weighted by molar-refractivity contribution is -0.131. The zero-order valence-corrected chi connectivity index (χ0v) is 8.63. The largest absolute Gasteiger partial charge is 0.478 e. The quantitative estimate of drug-likeness (QED) is 0.365. The predicted molar refractivity (Wildman–Crippen MR) is 53.2 cm³/mol. The van der Waals surface area contributed by atoms with Crippen LogP contribution in [0.25, 0.3) is 0 Å². The van der Waals surface area contributed by atoms with Crippen LogP contribution in [0, 0.1) is 5.41 Å². The third-order valence-electron chi connectivity index (χ3n) is 1.65. The number of hydrogen-bond acceptors (Lipinski definition) is 5. The molecule has 0 aliphatic rings. The smallest absolute Gasteiger partial charge is 0.327 e. The molecule has 6 nitrogen and oxygen atoms in total. The number of allylic oxidation sites excluding steroid dienone is 1. The van der Waals surface area contributed by atoms with Crippen LogP contribution in [0.4, 0.5) is 0 Å². The topological polar surface area (TPSA) is 118 Å². The lowest BCUT2D eigenvalue weighted by Gasteiger charge is -2.23. The van der Waals surface area contributed by atoms with Gasteiger partial charge in [0, 0.05) is 6.08 Å².